The Kier molecular flexibility index (Phi) is 5.48. The number of aromatic amines is 1. The summed E-state index contributed by atoms with van der Waals surface area (Å²) in [5.41, 5.74) is 3.36. The van der Waals surface area contributed by atoms with Crippen LogP contribution in [0.2, 0.25) is 0 Å². The maximum Gasteiger partial charge on any atom is 0.251 e. The molecule has 0 saturated carbocycles. The molecule has 5 nitrogen and oxygen atoms in total. The number of pyridine rings is 1. The lowest BCUT2D eigenvalue weighted by molar-refractivity contribution is 0.581. The Morgan fingerprint density at radius 1 is 1.04 bits per heavy atom. The highest BCUT2D eigenvalue weighted by atomic mass is 32.2. The van der Waals surface area contributed by atoms with E-state index in [-0.39, 0.29) is 17.0 Å². The van der Waals surface area contributed by atoms with Gasteiger partial charge in [-0.3, -0.25) is 4.79 Å². The Morgan fingerprint density at radius 2 is 1.74 bits per heavy atom. The maximum absolute atomic E-state index is 12.4. The van der Waals surface area contributed by atoms with Crippen molar-refractivity contribution in [1.82, 2.24) is 9.71 Å². The van der Waals surface area contributed by atoms with E-state index in [9.17, 15) is 13.2 Å². The van der Waals surface area contributed by atoms with E-state index in [0.29, 0.717) is 17.9 Å². The number of aromatic nitrogens is 1. The molecule has 6 heteroatoms. The average Bonchev–Trinajstić information content (AvgIpc) is 2.62. The Bertz CT molecular complexity index is 1110. The normalized spacial score (nSPS) is 12.0. The molecule has 0 fully saturated rings. The smallest absolute Gasteiger partial charge is 0.251 e. The van der Waals surface area contributed by atoms with Gasteiger partial charge in [-0.25, -0.2) is 13.1 Å². The number of nitrogens with one attached hydrogen (secondary N) is 2. The van der Waals surface area contributed by atoms with Gasteiger partial charge in [-0.2, -0.15) is 0 Å². The van der Waals surface area contributed by atoms with Crippen molar-refractivity contribution in [2.75, 3.05) is 6.54 Å². The second kappa shape index (κ2) is 7.66. The predicted octanol–water partition coefficient (Wildman–Crippen LogP) is 3.48. The van der Waals surface area contributed by atoms with E-state index in [4.69, 9.17) is 0 Å². The van der Waals surface area contributed by atoms with Crippen molar-refractivity contribution in [3.05, 3.63) is 75.6 Å². The van der Waals surface area contributed by atoms with Crippen LogP contribution in [0.15, 0.2) is 58.2 Å². The molecular weight excluding hydrogens is 360 g/mol. The molecule has 0 spiro atoms. The summed E-state index contributed by atoms with van der Waals surface area (Å²) < 4.78 is 27.3. The van der Waals surface area contributed by atoms with E-state index in [2.05, 4.69) is 29.6 Å². The van der Waals surface area contributed by atoms with Crippen LogP contribution < -0.4 is 10.3 Å². The van der Waals surface area contributed by atoms with Gasteiger partial charge in [0.1, 0.15) is 0 Å². The van der Waals surface area contributed by atoms with Crippen LogP contribution in [-0.2, 0) is 16.4 Å². The fraction of sp³-hybridized carbons (Fsp3) is 0.286. The standard InChI is InChI=1S/C21H24N2O3S/c1-14(2)16-6-9-20-18(12-16)13-17(21(24)23-20)10-11-22-27(25,26)19-7-4-15(3)5-8-19/h4-9,12-14,22H,10-11H2,1-3H3,(H,23,24). The van der Waals surface area contributed by atoms with E-state index < -0.39 is 10.0 Å². The molecule has 142 valence electrons. The molecule has 3 rings (SSSR count). The predicted molar refractivity (Wildman–Crippen MR) is 109 cm³/mol. The van der Waals surface area contributed by atoms with Crippen LogP contribution >= 0.6 is 0 Å². The van der Waals surface area contributed by atoms with Crippen molar-refractivity contribution in [2.24, 2.45) is 0 Å². The third-order valence-electron chi connectivity index (χ3n) is 4.63. The third-order valence-corrected chi connectivity index (χ3v) is 6.11. The number of benzene rings is 2. The lowest BCUT2D eigenvalue weighted by Gasteiger charge is -2.09. The second-order valence-electron chi connectivity index (χ2n) is 7.09. The highest BCUT2D eigenvalue weighted by molar-refractivity contribution is 7.89. The van der Waals surface area contributed by atoms with Crippen LogP contribution in [0.25, 0.3) is 10.9 Å². The number of hydrogen-bond acceptors (Lipinski definition) is 3. The summed E-state index contributed by atoms with van der Waals surface area (Å²) in [5, 5.41) is 0.956. The molecule has 1 aromatic heterocycles. The van der Waals surface area contributed by atoms with Crippen molar-refractivity contribution in [3.63, 3.8) is 0 Å². The SMILES string of the molecule is Cc1ccc(S(=O)(=O)NCCc2cc3cc(C(C)C)ccc3[nH]c2=O)cc1. The van der Waals surface area contributed by atoms with Gasteiger partial charge in [0.05, 0.1) is 4.90 Å². The van der Waals surface area contributed by atoms with Crippen molar-refractivity contribution >= 4 is 20.9 Å². The Balaban J connectivity index is 1.77. The van der Waals surface area contributed by atoms with Crippen LogP contribution in [0.5, 0.6) is 0 Å². The van der Waals surface area contributed by atoms with Crippen molar-refractivity contribution < 1.29 is 8.42 Å². The van der Waals surface area contributed by atoms with Crippen LogP contribution in [-0.4, -0.2) is 19.9 Å². The van der Waals surface area contributed by atoms with Gasteiger partial charge in [-0.1, -0.05) is 37.6 Å². The summed E-state index contributed by atoms with van der Waals surface area (Å²) in [6, 6.07) is 14.5. The zero-order chi connectivity index (χ0) is 19.6. The number of rotatable bonds is 6. The van der Waals surface area contributed by atoms with Gasteiger partial charge >= 0.3 is 0 Å². The van der Waals surface area contributed by atoms with E-state index in [1.165, 1.54) is 5.56 Å². The summed E-state index contributed by atoms with van der Waals surface area (Å²) >= 11 is 0. The number of fused-ring (bicyclic) bond motifs is 1. The molecule has 0 aliphatic heterocycles. The summed E-state index contributed by atoms with van der Waals surface area (Å²) in [6.07, 6.45) is 0.322. The molecular formula is C21H24N2O3S. The monoisotopic (exact) mass is 384 g/mol. The zero-order valence-electron chi connectivity index (χ0n) is 15.7. The van der Waals surface area contributed by atoms with Gasteiger partial charge < -0.3 is 4.98 Å². The summed E-state index contributed by atoms with van der Waals surface area (Å²) in [6.45, 7) is 6.30. The second-order valence-corrected chi connectivity index (χ2v) is 8.85. The fourth-order valence-corrected chi connectivity index (χ4v) is 3.97. The van der Waals surface area contributed by atoms with Gasteiger partial charge in [0.25, 0.3) is 5.56 Å². The molecule has 0 aliphatic carbocycles. The number of hydrogen-bond donors (Lipinski definition) is 2. The minimum Gasteiger partial charge on any atom is -0.322 e. The largest absolute Gasteiger partial charge is 0.322 e. The van der Waals surface area contributed by atoms with Crippen molar-refractivity contribution in [3.8, 4) is 0 Å². The van der Waals surface area contributed by atoms with Crippen molar-refractivity contribution in [1.29, 1.82) is 0 Å². The minimum atomic E-state index is -3.58. The number of sulfonamides is 1. The molecule has 2 aromatic carbocycles. The van der Waals surface area contributed by atoms with Crippen LogP contribution in [0.1, 0.15) is 36.5 Å². The minimum absolute atomic E-state index is 0.161. The average molecular weight is 385 g/mol. The maximum atomic E-state index is 12.4. The first-order chi connectivity index (χ1) is 12.8. The first-order valence-corrected chi connectivity index (χ1v) is 10.5. The Labute approximate surface area is 159 Å². The quantitative estimate of drug-likeness (QED) is 0.683. The van der Waals surface area contributed by atoms with E-state index in [1.54, 1.807) is 24.3 Å². The molecule has 27 heavy (non-hydrogen) atoms. The van der Waals surface area contributed by atoms with Crippen LogP contribution in [0.3, 0.4) is 0 Å². The molecule has 1 heterocycles. The molecule has 2 N–H and O–H groups in total. The fourth-order valence-electron chi connectivity index (χ4n) is 2.94. The molecule has 3 aromatic rings. The van der Waals surface area contributed by atoms with Crippen molar-refractivity contribution in [2.45, 2.75) is 38.0 Å². The van der Waals surface area contributed by atoms with Gasteiger partial charge in [0.2, 0.25) is 10.0 Å². The summed E-state index contributed by atoms with van der Waals surface area (Å²) in [5.74, 6) is 0.395. The van der Waals surface area contributed by atoms with Gasteiger partial charge in [0.15, 0.2) is 0 Å². The molecule has 0 saturated heterocycles. The molecule has 0 amide bonds. The third kappa shape index (κ3) is 4.46. The summed E-state index contributed by atoms with van der Waals surface area (Å²) in [4.78, 5) is 15.4. The lowest BCUT2D eigenvalue weighted by Crippen LogP contribution is -2.27. The molecule has 0 atom stereocenters. The molecule has 0 aliphatic rings. The van der Waals surface area contributed by atoms with Gasteiger partial charge in [-0.05, 0) is 60.5 Å². The number of H-pyrrole nitrogens is 1. The topological polar surface area (TPSA) is 79.0 Å². The first-order valence-electron chi connectivity index (χ1n) is 8.98. The van der Waals surface area contributed by atoms with E-state index in [0.717, 1.165) is 16.5 Å². The van der Waals surface area contributed by atoms with E-state index >= 15 is 0 Å². The molecule has 0 unspecified atom stereocenters. The first kappa shape index (κ1) is 19.3. The Hall–Kier alpha value is -2.44. The number of aryl methyl sites for hydroxylation is 1. The van der Waals surface area contributed by atoms with Crippen LogP contribution in [0, 0.1) is 6.92 Å². The lowest BCUT2D eigenvalue weighted by atomic mass is 10.0. The van der Waals surface area contributed by atoms with Gasteiger partial charge in [0, 0.05) is 17.6 Å². The van der Waals surface area contributed by atoms with E-state index in [1.807, 2.05) is 25.1 Å². The summed E-state index contributed by atoms with van der Waals surface area (Å²) in [7, 11) is -3.58. The van der Waals surface area contributed by atoms with Crippen LogP contribution in [0.4, 0.5) is 0 Å². The molecule has 0 bridgehead atoms. The zero-order valence-corrected chi connectivity index (χ0v) is 16.6. The molecule has 0 radical (unpaired) electrons. The van der Waals surface area contributed by atoms with Gasteiger partial charge in [-0.15, -0.1) is 0 Å². The highest BCUT2D eigenvalue weighted by Gasteiger charge is 2.13. The Morgan fingerprint density at radius 3 is 2.41 bits per heavy atom. The highest BCUT2D eigenvalue weighted by Crippen LogP contribution is 2.20.